The van der Waals surface area contributed by atoms with Gasteiger partial charge in [-0.25, -0.2) is 4.39 Å². The van der Waals surface area contributed by atoms with Gasteiger partial charge < -0.3 is 5.32 Å². The molecule has 2 aromatic rings. The molecule has 0 heterocycles. The third-order valence-electron chi connectivity index (χ3n) is 4.31. The Morgan fingerprint density at radius 3 is 2.45 bits per heavy atom. The molecule has 1 nitrogen and oxygen atoms in total. The maximum atomic E-state index is 13.1. The molecule has 0 radical (unpaired) electrons. The van der Waals surface area contributed by atoms with E-state index in [1.165, 1.54) is 17.2 Å². The predicted molar refractivity (Wildman–Crippen MR) is 81.7 cm³/mol. The minimum absolute atomic E-state index is 0.167. The van der Waals surface area contributed by atoms with Gasteiger partial charge in [0.05, 0.1) is 0 Å². The summed E-state index contributed by atoms with van der Waals surface area (Å²) in [5, 5.41) is 3.53. The minimum atomic E-state index is -0.167. The lowest BCUT2D eigenvalue weighted by molar-refractivity contribution is 0.373. The molecule has 1 N–H and O–H groups in total. The Labute approximate surface area is 119 Å². The van der Waals surface area contributed by atoms with Gasteiger partial charge in [-0.3, -0.25) is 0 Å². The number of nitrogens with one attached hydrogen (secondary N) is 1. The van der Waals surface area contributed by atoms with E-state index in [4.69, 9.17) is 0 Å². The molecule has 2 heteroatoms. The van der Waals surface area contributed by atoms with E-state index in [1.807, 2.05) is 13.0 Å². The zero-order valence-electron chi connectivity index (χ0n) is 12.0. The summed E-state index contributed by atoms with van der Waals surface area (Å²) >= 11 is 0. The SMILES string of the molecule is Cc1cc(F)ccc1NC1CC(c2ccccc2C)C1. The van der Waals surface area contributed by atoms with E-state index in [2.05, 4.69) is 36.5 Å². The zero-order chi connectivity index (χ0) is 14.1. The third-order valence-corrected chi connectivity index (χ3v) is 4.31. The first-order valence-corrected chi connectivity index (χ1v) is 7.21. The molecule has 104 valence electrons. The first kappa shape index (κ1) is 13.2. The lowest BCUT2D eigenvalue weighted by Crippen LogP contribution is -2.34. The molecule has 0 saturated heterocycles. The normalized spacial score (nSPS) is 21.4. The van der Waals surface area contributed by atoms with Gasteiger partial charge in [-0.2, -0.15) is 0 Å². The standard InChI is InChI=1S/C18H20FN/c1-12-5-3-4-6-17(12)14-10-16(11-14)20-18-8-7-15(19)9-13(18)2/h3-9,14,16,20H,10-11H2,1-2H3. The van der Waals surface area contributed by atoms with Gasteiger partial charge in [0.2, 0.25) is 0 Å². The van der Waals surface area contributed by atoms with Crippen LogP contribution < -0.4 is 5.32 Å². The van der Waals surface area contributed by atoms with Crippen LogP contribution in [0.25, 0.3) is 0 Å². The lowest BCUT2D eigenvalue weighted by atomic mass is 9.74. The van der Waals surface area contributed by atoms with E-state index < -0.39 is 0 Å². The summed E-state index contributed by atoms with van der Waals surface area (Å²) in [6, 6.07) is 14.1. The van der Waals surface area contributed by atoms with Crippen LogP contribution in [0.1, 0.15) is 35.4 Å². The highest BCUT2D eigenvalue weighted by Gasteiger charge is 2.31. The number of benzene rings is 2. The Balaban J connectivity index is 1.62. The molecule has 0 bridgehead atoms. The molecule has 0 amide bonds. The second-order valence-electron chi connectivity index (χ2n) is 5.83. The maximum Gasteiger partial charge on any atom is 0.123 e. The van der Waals surface area contributed by atoms with Gasteiger partial charge in [-0.05, 0) is 67.5 Å². The number of halogens is 1. The van der Waals surface area contributed by atoms with Crippen molar-refractivity contribution in [3.8, 4) is 0 Å². The highest BCUT2D eigenvalue weighted by atomic mass is 19.1. The average Bonchev–Trinajstić information content (AvgIpc) is 2.37. The van der Waals surface area contributed by atoms with Crippen LogP contribution in [0.4, 0.5) is 10.1 Å². The molecule has 20 heavy (non-hydrogen) atoms. The van der Waals surface area contributed by atoms with E-state index >= 15 is 0 Å². The molecule has 1 aliphatic rings. The number of rotatable bonds is 3. The largest absolute Gasteiger partial charge is 0.382 e. The fourth-order valence-electron chi connectivity index (χ4n) is 3.04. The van der Waals surface area contributed by atoms with Crippen LogP contribution in [0.15, 0.2) is 42.5 Å². The molecular weight excluding hydrogens is 249 g/mol. The van der Waals surface area contributed by atoms with E-state index in [0.717, 1.165) is 24.1 Å². The molecule has 1 aliphatic carbocycles. The van der Waals surface area contributed by atoms with Gasteiger partial charge in [0.25, 0.3) is 0 Å². The van der Waals surface area contributed by atoms with Crippen molar-refractivity contribution in [1.29, 1.82) is 0 Å². The van der Waals surface area contributed by atoms with Crippen LogP contribution in [-0.4, -0.2) is 6.04 Å². The van der Waals surface area contributed by atoms with Crippen molar-refractivity contribution < 1.29 is 4.39 Å². The highest BCUT2D eigenvalue weighted by Crippen LogP contribution is 2.40. The quantitative estimate of drug-likeness (QED) is 0.844. The van der Waals surface area contributed by atoms with E-state index in [1.54, 1.807) is 6.07 Å². The van der Waals surface area contributed by atoms with Gasteiger partial charge in [0, 0.05) is 11.7 Å². The third kappa shape index (κ3) is 2.55. The molecule has 3 rings (SSSR count). The molecule has 0 unspecified atom stereocenters. The van der Waals surface area contributed by atoms with Gasteiger partial charge in [0.15, 0.2) is 0 Å². The van der Waals surface area contributed by atoms with Gasteiger partial charge in [0.1, 0.15) is 5.82 Å². The van der Waals surface area contributed by atoms with Crippen LogP contribution in [0.5, 0.6) is 0 Å². The highest BCUT2D eigenvalue weighted by molar-refractivity contribution is 5.52. The van der Waals surface area contributed by atoms with E-state index in [0.29, 0.717) is 12.0 Å². The molecule has 2 aromatic carbocycles. The summed E-state index contributed by atoms with van der Waals surface area (Å²) in [6.45, 7) is 4.13. The first-order chi connectivity index (χ1) is 9.63. The molecule has 1 saturated carbocycles. The van der Waals surface area contributed by atoms with Gasteiger partial charge in [-0.1, -0.05) is 24.3 Å². The molecule has 0 aromatic heterocycles. The fraction of sp³-hybridized carbons (Fsp3) is 0.333. The second kappa shape index (κ2) is 5.28. The van der Waals surface area contributed by atoms with Crippen LogP contribution in [0, 0.1) is 19.7 Å². The van der Waals surface area contributed by atoms with Crippen LogP contribution >= 0.6 is 0 Å². The summed E-state index contributed by atoms with van der Waals surface area (Å²) in [5.41, 5.74) is 4.89. The van der Waals surface area contributed by atoms with E-state index in [9.17, 15) is 4.39 Å². The number of hydrogen-bond acceptors (Lipinski definition) is 1. The Morgan fingerprint density at radius 2 is 1.75 bits per heavy atom. The second-order valence-corrected chi connectivity index (χ2v) is 5.83. The molecule has 0 atom stereocenters. The summed E-state index contributed by atoms with van der Waals surface area (Å²) in [6.07, 6.45) is 2.31. The zero-order valence-corrected chi connectivity index (χ0v) is 12.0. The minimum Gasteiger partial charge on any atom is -0.382 e. The summed E-state index contributed by atoms with van der Waals surface area (Å²) in [4.78, 5) is 0. The topological polar surface area (TPSA) is 12.0 Å². The fourth-order valence-corrected chi connectivity index (χ4v) is 3.04. The Hall–Kier alpha value is -1.83. The Morgan fingerprint density at radius 1 is 1.00 bits per heavy atom. The summed E-state index contributed by atoms with van der Waals surface area (Å²) in [7, 11) is 0. The predicted octanol–water partition coefficient (Wildman–Crippen LogP) is 4.80. The molecular formula is C18H20FN. The Kier molecular flexibility index (Phi) is 3.47. The molecule has 0 aliphatic heterocycles. The van der Waals surface area contributed by atoms with Crippen molar-refractivity contribution in [2.45, 2.75) is 38.6 Å². The van der Waals surface area contributed by atoms with E-state index in [-0.39, 0.29) is 5.82 Å². The number of anilines is 1. The van der Waals surface area contributed by atoms with Crippen molar-refractivity contribution >= 4 is 5.69 Å². The monoisotopic (exact) mass is 269 g/mol. The smallest absolute Gasteiger partial charge is 0.123 e. The first-order valence-electron chi connectivity index (χ1n) is 7.21. The van der Waals surface area contributed by atoms with Crippen molar-refractivity contribution in [2.75, 3.05) is 5.32 Å². The molecule has 0 spiro atoms. The van der Waals surface area contributed by atoms with Crippen molar-refractivity contribution in [1.82, 2.24) is 0 Å². The average molecular weight is 269 g/mol. The van der Waals surface area contributed by atoms with Crippen LogP contribution in [0.3, 0.4) is 0 Å². The van der Waals surface area contributed by atoms with Crippen LogP contribution in [0.2, 0.25) is 0 Å². The van der Waals surface area contributed by atoms with Crippen LogP contribution in [-0.2, 0) is 0 Å². The van der Waals surface area contributed by atoms with Gasteiger partial charge >= 0.3 is 0 Å². The van der Waals surface area contributed by atoms with Crippen molar-refractivity contribution in [2.24, 2.45) is 0 Å². The Bertz CT molecular complexity index is 615. The number of hydrogen-bond donors (Lipinski definition) is 1. The summed E-state index contributed by atoms with van der Waals surface area (Å²) < 4.78 is 13.1. The molecule has 1 fully saturated rings. The maximum absolute atomic E-state index is 13.1. The lowest BCUT2D eigenvalue weighted by Gasteiger charge is -2.38. The van der Waals surface area contributed by atoms with Gasteiger partial charge in [-0.15, -0.1) is 0 Å². The number of aryl methyl sites for hydroxylation is 2. The van der Waals surface area contributed by atoms with Crippen molar-refractivity contribution in [3.63, 3.8) is 0 Å². The summed E-state index contributed by atoms with van der Waals surface area (Å²) in [5.74, 6) is 0.494. The van der Waals surface area contributed by atoms with Crippen molar-refractivity contribution in [3.05, 3.63) is 65.0 Å².